The van der Waals surface area contributed by atoms with Gasteiger partial charge in [-0.2, -0.15) is 0 Å². The maximum atomic E-state index is 11.6. The van der Waals surface area contributed by atoms with Crippen molar-refractivity contribution in [2.24, 2.45) is 5.92 Å². The Hall–Kier alpha value is -2.04. The number of anilines is 1. The van der Waals surface area contributed by atoms with E-state index in [1.165, 1.54) is 0 Å². The van der Waals surface area contributed by atoms with Gasteiger partial charge in [-0.25, -0.2) is 0 Å². The average Bonchev–Trinajstić information content (AvgIpc) is 2.49. The molecule has 0 aliphatic rings. The van der Waals surface area contributed by atoms with E-state index in [0.717, 1.165) is 17.7 Å². The summed E-state index contributed by atoms with van der Waals surface area (Å²) in [4.78, 5) is 25.1. The van der Waals surface area contributed by atoms with Crippen molar-refractivity contribution in [1.82, 2.24) is 5.32 Å². The van der Waals surface area contributed by atoms with Crippen molar-refractivity contribution in [3.8, 4) is 0 Å². The maximum Gasteiger partial charge on any atom is 0.306 e. The van der Waals surface area contributed by atoms with E-state index in [4.69, 9.17) is 4.74 Å². The highest BCUT2D eigenvalue weighted by Gasteiger charge is 2.08. The highest BCUT2D eigenvalue weighted by molar-refractivity contribution is 5.80. The van der Waals surface area contributed by atoms with Gasteiger partial charge in [-0.05, 0) is 30.0 Å². The van der Waals surface area contributed by atoms with Crippen LogP contribution in [-0.4, -0.2) is 32.6 Å². The highest BCUT2D eigenvalue weighted by Crippen LogP contribution is 2.11. The van der Waals surface area contributed by atoms with Crippen LogP contribution in [0.15, 0.2) is 24.3 Å². The number of nitrogens with one attached hydrogen (secondary N) is 1. The lowest BCUT2D eigenvalue weighted by atomic mass is 10.1. The minimum Gasteiger partial charge on any atom is -0.456 e. The van der Waals surface area contributed by atoms with E-state index in [1.807, 2.05) is 57.1 Å². The number of rotatable bonds is 8. The van der Waals surface area contributed by atoms with Gasteiger partial charge < -0.3 is 15.0 Å². The summed E-state index contributed by atoms with van der Waals surface area (Å²) in [5.74, 6) is -0.153. The molecule has 0 fully saturated rings. The molecule has 0 aliphatic heterocycles. The molecular weight excluding hydrogens is 280 g/mol. The van der Waals surface area contributed by atoms with Crippen molar-refractivity contribution in [1.29, 1.82) is 0 Å². The Morgan fingerprint density at radius 1 is 1.18 bits per heavy atom. The Bertz CT molecular complexity index is 481. The van der Waals surface area contributed by atoms with E-state index in [9.17, 15) is 9.59 Å². The summed E-state index contributed by atoms with van der Waals surface area (Å²) in [5, 5.41) is 2.74. The first-order valence-electron chi connectivity index (χ1n) is 7.57. The Kier molecular flexibility index (Phi) is 7.43. The minimum absolute atomic E-state index is 0.216. The number of esters is 1. The fourth-order valence-corrected chi connectivity index (χ4v) is 1.79. The molecule has 1 N–H and O–H groups in total. The third kappa shape index (κ3) is 7.11. The molecule has 1 amide bonds. The van der Waals surface area contributed by atoms with Crippen LogP contribution in [0.3, 0.4) is 0 Å². The summed E-state index contributed by atoms with van der Waals surface area (Å²) < 4.78 is 4.94. The summed E-state index contributed by atoms with van der Waals surface area (Å²) in [6.07, 6.45) is 1.13. The molecular formula is C17H26N2O3. The van der Waals surface area contributed by atoms with E-state index in [0.29, 0.717) is 18.9 Å². The van der Waals surface area contributed by atoms with Gasteiger partial charge in [-0.15, -0.1) is 0 Å². The summed E-state index contributed by atoms with van der Waals surface area (Å²) in [6.45, 7) is 4.30. The van der Waals surface area contributed by atoms with Crippen LogP contribution in [0.5, 0.6) is 0 Å². The van der Waals surface area contributed by atoms with Crippen molar-refractivity contribution >= 4 is 17.6 Å². The lowest BCUT2D eigenvalue weighted by Crippen LogP contribution is -2.28. The van der Waals surface area contributed by atoms with Crippen LogP contribution < -0.4 is 10.2 Å². The lowest BCUT2D eigenvalue weighted by Gasteiger charge is -2.13. The molecule has 1 rings (SSSR count). The molecule has 0 heterocycles. The van der Waals surface area contributed by atoms with Crippen molar-refractivity contribution in [3.63, 3.8) is 0 Å². The number of ether oxygens (including phenoxy) is 1. The number of carbonyl (C=O) groups excluding carboxylic acids is 2. The topological polar surface area (TPSA) is 58.6 Å². The molecule has 22 heavy (non-hydrogen) atoms. The van der Waals surface area contributed by atoms with Gasteiger partial charge in [0.05, 0.1) is 0 Å². The molecule has 1 aromatic rings. The number of carbonyl (C=O) groups is 2. The van der Waals surface area contributed by atoms with Crippen LogP contribution in [0.4, 0.5) is 5.69 Å². The largest absolute Gasteiger partial charge is 0.456 e. The number of hydrogen-bond acceptors (Lipinski definition) is 4. The zero-order valence-electron chi connectivity index (χ0n) is 13.9. The third-order valence-corrected chi connectivity index (χ3v) is 3.23. The van der Waals surface area contributed by atoms with Gasteiger partial charge in [-0.1, -0.05) is 26.0 Å². The monoisotopic (exact) mass is 306 g/mol. The van der Waals surface area contributed by atoms with Crippen molar-refractivity contribution in [3.05, 3.63) is 29.8 Å². The summed E-state index contributed by atoms with van der Waals surface area (Å²) in [6, 6.07) is 7.91. The van der Waals surface area contributed by atoms with Crippen molar-refractivity contribution in [2.75, 3.05) is 25.6 Å². The fourth-order valence-electron chi connectivity index (χ4n) is 1.79. The van der Waals surface area contributed by atoms with Crippen LogP contribution >= 0.6 is 0 Å². The van der Waals surface area contributed by atoms with Crippen LogP contribution in [0.2, 0.25) is 0 Å². The Morgan fingerprint density at radius 3 is 2.36 bits per heavy atom. The highest BCUT2D eigenvalue weighted by atomic mass is 16.5. The molecule has 0 radical (unpaired) electrons. The molecule has 0 saturated heterocycles. The molecule has 5 heteroatoms. The fraction of sp³-hybridized carbons (Fsp3) is 0.529. The van der Waals surface area contributed by atoms with Gasteiger partial charge in [-0.3, -0.25) is 9.59 Å². The molecule has 0 bridgehead atoms. The lowest BCUT2D eigenvalue weighted by molar-refractivity contribution is -0.148. The van der Waals surface area contributed by atoms with E-state index < -0.39 is 0 Å². The normalized spacial score (nSPS) is 10.4. The second-order valence-electron chi connectivity index (χ2n) is 5.93. The quantitative estimate of drug-likeness (QED) is 0.749. The average molecular weight is 306 g/mol. The van der Waals surface area contributed by atoms with Crippen molar-refractivity contribution < 1.29 is 14.3 Å². The molecule has 0 aliphatic carbocycles. The molecule has 0 atom stereocenters. The van der Waals surface area contributed by atoms with Crippen LogP contribution in [-0.2, 0) is 20.9 Å². The number of benzene rings is 1. The van der Waals surface area contributed by atoms with E-state index in [-0.39, 0.29) is 18.5 Å². The molecule has 0 saturated carbocycles. The Balaban J connectivity index is 2.26. The van der Waals surface area contributed by atoms with Crippen LogP contribution in [0, 0.1) is 5.92 Å². The number of hydrogen-bond donors (Lipinski definition) is 1. The zero-order valence-corrected chi connectivity index (χ0v) is 13.9. The van der Waals surface area contributed by atoms with Gasteiger partial charge in [0.25, 0.3) is 5.91 Å². The molecule has 5 nitrogen and oxygen atoms in total. The predicted octanol–water partition coefficient (Wildman–Crippen LogP) is 2.35. The smallest absolute Gasteiger partial charge is 0.306 e. The van der Waals surface area contributed by atoms with E-state index >= 15 is 0 Å². The first-order valence-corrected chi connectivity index (χ1v) is 7.57. The molecule has 1 aromatic carbocycles. The molecule has 122 valence electrons. The first-order chi connectivity index (χ1) is 10.4. The Morgan fingerprint density at radius 2 is 1.82 bits per heavy atom. The van der Waals surface area contributed by atoms with Crippen LogP contribution in [0.25, 0.3) is 0 Å². The van der Waals surface area contributed by atoms with Gasteiger partial charge >= 0.3 is 5.97 Å². The maximum absolute atomic E-state index is 11.6. The SMILES string of the molecule is CC(C)CCC(=O)OCC(=O)NCc1ccc(N(C)C)cc1. The van der Waals surface area contributed by atoms with Gasteiger partial charge in [0, 0.05) is 32.7 Å². The van der Waals surface area contributed by atoms with E-state index in [1.54, 1.807) is 0 Å². The van der Waals surface area contributed by atoms with Gasteiger partial charge in [0.15, 0.2) is 6.61 Å². The number of nitrogens with zero attached hydrogens (tertiary/aromatic N) is 1. The number of amides is 1. The third-order valence-electron chi connectivity index (χ3n) is 3.23. The van der Waals surface area contributed by atoms with Gasteiger partial charge in [0.2, 0.25) is 0 Å². The Labute approximate surface area is 132 Å². The second-order valence-corrected chi connectivity index (χ2v) is 5.93. The molecule has 0 unspecified atom stereocenters. The van der Waals surface area contributed by atoms with Crippen molar-refractivity contribution in [2.45, 2.75) is 33.2 Å². The second kappa shape index (κ2) is 9.07. The summed E-state index contributed by atoms with van der Waals surface area (Å²) in [7, 11) is 3.95. The van der Waals surface area contributed by atoms with Gasteiger partial charge in [0.1, 0.15) is 0 Å². The molecule has 0 aromatic heterocycles. The molecule has 0 spiro atoms. The summed E-state index contributed by atoms with van der Waals surface area (Å²) >= 11 is 0. The predicted molar refractivity (Wildman–Crippen MR) is 87.6 cm³/mol. The zero-order chi connectivity index (χ0) is 16.5. The summed E-state index contributed by atoms with van der Waals surface area (Å²) in [5.41, 5.74) is 2.11. The standard InChI is InChI=1S/C17H26N2O3/c1-13(2)5-10-17(21)22-12-16(20)18-11-14-6-8-15(9-7-14)19(3)4/h6-9,13H,5,10-12H2,1-4H3,(H,18,20). The first kappa shape index (κ1) is 18.0. The minimum atomic E-state index is -0.320. The van der Waals surface area contributed by atoms with Crippen LogP contribution in [0.1, 0.15) is 32.3 Å². The van der Waals surface area contributed by atoms with E-state index in [2.05, 4.69) is 5.32 Å².